The predicted molar refractivity (Wildman–Crippen MR) is 84.2 cm³/mol. The van der Waals surface area contributed by atoms with Crippen LogP contribution in [0.1, 0.15) is 24.4 Å². The van der Waals surface area contributed by atoms with E-state index in [9.17, 15) is 0 Å². The highest BCUT2D eigenvalue weighted by Crippen LogP contribution is 2.22. The van der Waals surface area contributed by atoms with Crippen molar-refractivity contribution in [2.24, 2.45) is 10.7 Å². The predicted octanol–water partition coefficient (Wildman–Crippen LogP) is 1.13. The molecule has 1 unspecified atom stereocenters. The van der Waals surface area contributed by atoms with Crippen molar-refractivity contribution in [1.29, 1.82) is 0 Å². The molecular weight excluding hydrogens is 264 g/mol. The molecule has 1 aromatic carbocycles. The van der Waals surface area contributed by atoms with Gasteiger partial charge in [-0.1, -0.05) is 30.3 Å². The smallest absolute Gasteiger partial charge is 0.188 e. The zero-order chi connectivity index (χ0) is 14.5. The van der Waals surface area contributed by atoms with Gasteiger partial charge < -0.3 is 15.8 Å². The van der Waals surface area contributed by atoms with E-state index in [0.29, 0.717) is 18.5 Å². The molecule has 1 saturated carbocycles. The summed E-state index contributed by atoms with van der Waals surface area (Å²) in [5.74, 6) is 0.576. The molecule has 0 radical (unpaired) electrons. The summed E-state index contributed by atoms with van der Waals surface area (Å²) < 4.78 is 5.46. The Bertz CT molecular complexity index is 466. The zero-order valence-corrected chi connectivity index (χ0v) is 12.4. The number of aliphatic imine (C=N–C) groups is 1. The summed E-state index contributed by atoms with van der Waals surface area (Å²) >= 11 is 0. The molecule has 0 spiro atoms. The van der Waals surface area contributed by atoms with Gasteiger partial charge in [-0.2, -0.15) is 0 Å². The lowest BCUT2D eigenvalue weighted by Crippen LogP contribution is -2.41. The van der Waals surface area contributed by atoms with E-state index in [1.807, 2.05) is 6.07 Å². The van der Waals surface area contributed by atoms with Gasteiger partial charge in [0.25, 0.3) is 0 Å². The first kappa shape index (κ1) is 14.4. The summed E-state index contributed by atoms with van der Waals surface area (Å²) in [4.78, 5) is 6.99. The van der Waals surface area contributed by atoms with Crippen LogP contribution in [0.3, 0.4) is 0 Å². The van der Waals surface area contributed by atoms with Crippen LogP contribution in [0.4, 0.5) is 0 Å². The van der Waals surface area contributed by atoms with E-state index in [-0.39, 0.29) is 6.04 Å². The van der Waals surface area contributed by atoms with Crippen molar-refractivity contribution < 1.29 is 4.74 Å². The van der Waals surface area contributed by atoms with Crippen molar-refractivity contribution in [2.75, 3.05) is 32.8 Å². The molecular formula is C16H24N4O. The van der Waals surface area contributed by atoms with Crippen LogP contribution in [-0.4, -0.2) is 49.7 Å². The fourth-order valence-electron chi connectivity index (χ4n) is 2.66. The number of hydrogen-bond acceptors (Lipinski definition) is 3. The van der Waals surface area contributed by atoms with E-state index in [1.54, 1.807) is 0 Å². The van der Waals surface area contributed by atoms with Crippen LogP contribution >= 0.6 is 0 Å². The summed E-state index contributed by atoms with van der Waals surface area (Å²) in [6.07, 6.45) is 2.42. The molecule has 3 N–H and O–H groups in total. The monoisotopic (exact) mass is 288 g/mol. The SMILES string of the molecule is NC(=NCC(c1ccccc1)N1CCOCC1)NC1CC1. The normalized spacial score (nSPS) is 22.0. The van der Waals surface area contributed by atoms with Gasteiger partial charge in [0.1, 0.15) is 0 Å². The molecule has 1 aliphatic heterocycles. The quantitative estimate of drug-likeness (QED) is 0.630. The third-order valence-corrected chi connectivity index (χ3v) is 4.03. The Balaban J connectivity index is 1.68. The molecule has 0 amide bonds. The van der Waals surface area contributed by atoms with Crippen molar-refractivity contribution in [3.05, 3.63) is 35.9 Å². The Kier molecular flexibility index (Phi) is 4.72. The first-order valence-corrected chi connectivity index (χ1v) is 7.76. The molecule has 1 atom stereocenters. The van der Waals surface area contributed by atoms with Gasteiger partial charge in [-0.25, -0.2) is 0 Å². The molecule has 2 aliphatic rings. The van der Waals surface area contributed by atoms with Gasteiger partial charge in [-0.3, -0.25) is 9.89 Å². The maximum Gasteiger partial charge on any atom is 0.188 e. The number of nitrogens with two attached hydrogens (primary N) is 1. The average Bonchev–Trinajstić information content (AvgIpc) is 3.33. The summed E-state index contributed by atoms with van der Waals surface area (Å²) in [5.41, 5.74) is 7.26. The summed E-state index contributed by atoms with van der Waals surface area (Å²) in [6.45, 7) is 4.18. The number of guanidine groups is 1. The molecule has 0 aromatic heterocycles. The van der Waals surface area contributed by atoms with Gasteiger partial charge >= 0.3 is 0 Å². The minimum Gasteiger partial charge on any atom is -0.379 e. The van der Waals surface area contributed by atoms with Crippen LogP contribution in [0, 0.1) is 0 Å². The van der Waals surface area contributed by atoms with Crippen LogP contribution in [0.5, 0.6) is 0 Å². The topological polar surface area (TPSA) is 62.9 Å². The fraction of sp³-hybridized carbons (Fsp3) is 0.562. The molecule has 114 valence electrons. The Morgan fingerprint density at radius 1 is 1.29 bits per heavy atom. The van der Waals surface area contributed by atoms with E-state index in [0.717, 1.165) is 26.3 Å². The number of benzene rings is 1. The Labute approximate surface area is 126 Å². The minimum absolute atomic E-state index is 0.273. The van der Waals surface area contributed by atoms with E-state index in [2.05, 4.69) is 39.5 Å². The summed E-state index contributed by atoms with van der Waals surface area (Å²) in [7, 11) is 0. The third-order valence-electron chi connectivity index (χ3n) is 4.03. The number of morpholine rings is 1. The molecule has 5 nitrogen and oxygen atoms in total. The molecule has 1 saturated heterocycles. The van der Waals surface area contributed by atoms with E-state index < -0.39 is 0 Å². The van der Waals surface area contributed by atoms with Gasteiger partial charge in [0.15, 0.2) is 5.96 Å². The Morgan fingerprint density at radius 2 is 2.00 bits per heavy atom. The van der Waals surface area contributed by atoms with Gasteiger partial charge in [-0.15, -0.1) is 0 Å². The van der Waals surface area contributed by atoms with Crippen molar-refractivity contribution in [3.63, 3.8) is 0 Å². The Hall–Kier alpha value is -1.59. The molecule has 2 fully saturated rings. The van der Waals surface area contributed by atoms with E-state index in [1.165, 1.54) is 18.4 Å². The largest absolute Gasteiger partial charge is 0.379 e. The van der Waals surface area contributed by atoms with Crippen molar-refractivity contribution in [3.8, 4) is 0 Å². The van der Waals surface area contributed by atoms with Gasteiger partial charge in [0.05, 0.1) is 25.8 Å². The van der Waals surface area contributed by atoms with E-state index in [4.69, 9.17) is 10.5 Å². The molecule has 0 bridgehead atoms. The lowest BCUT2D eigenvalue weighted by Gasteiger charge is -2.34. The Morgan fingerprint density at radius 3 is 2.67 bits per heavy atom. The van der Waals surface area contributed by atoms with Crippen LogP contribution in [0.2, 0.25) is 0 Å². The summed E-state index contributed by atoms with van der Waals surface area (Å²) in [5, 5.41) is 3.25. The second kappa shape index (κ2) is 6.91. The minimum atomic E-state index is 0.273. The van der Waals surface area contributed by atoms with Gasteiger partial charge in [-0.05, 0) is 18.4 Å². The van der Waals surface area contributed by atoms with Gasteiger partial charge in [0.2, 0.25) is 0 Å². The highest BCUT2D eigenvalue weighted by molar-refractivity contribution is 5.78. The second-order valence-corrected chi connectivity index (χ2v) is 5.72. The van der Waals surface area contributed by atoms with Crippen molar-refractivity contribution in [1.82, 2.24) is 10.2 Å². The van der Waals surface area contributed by atoms with Crippen LogP contribution in [0.25, 0.3) is 0 Å². The highest BCUT2D eigenvalue weighted by Gasteiger charge is 2.24. The average molecular weight is 288 g/mol. The van der Waals surface area contributed by atoms with Crippen LogP contribution in [-0.2, 0) is 4.74 Å². The molecule has 5 heteroatoms. The van der Waals surface area contributed by atoms with Crippen molar-refractivity contribution >= 4 is 5.96 Å². The lowest BCUT2D eigenvalue weighted by molar-refractivity contribution is 0.0180. The number of nitrogens with zero attached hydrogens (tertiary/aromatic N) is 2. The van der Waals surface area contributed by atoms with Crippen molar-refractivity contribution in [2.45, 2.75) is 24.9 Å². The molecule has 21 heavy (non-hydrogen) atoms. The highest BCUT2D eigenvalue weighted by atomic mass is 16.5. The lowest BCUT2D eigenvalue weighted by atomic mass is 10.1. The number of rotatable bonds is 5. The van der Waals surface area contributed by atoms with Crippen LogP contribution < -0.4 is 11.1 Å². The fourth-order valence-corrected chi connectivity index (χ4v) is 2.66. The number of ether oxygens (including phenoxy) is 1. The van der Waals surface area contributed by atoms with Crippen LogP contribution in [0.15, 0.2) is 35.3 Å². The molecule has 1 aliphatic carbocycles. The first-order chi connectivity index (χ1) is 10.3. The zero-order valence-electron chi connectivity index (χ0n) is 12.4. The maximum absolute atomic E-state index is 5.97. The maximum atomic E-state index is 5.97. The van der Waals surface area contributed by atoms with Gasteiger partial charge in [0, 0.05) is 19.1 Å². The standard InChI is InChI=1S/C16H24N4O/c17-16(19-14-6-7-14)18-12-15(13-4-2-1-3-5-13)20-8-10-21-11-9-20/h1-5,14-15H,6-12H2,(H3,17,18,19). The number of hydrogen-bond donors (Lipinski definition) is 2. The third kappa shape index (κ3) is 4.19. The molecule has 3 rings (SSSR count). The first-order valence-electron chi connectivity index (χ1n) is 7.76. The molecule has 1 aromatic rings. The summed E-state index contributed by atoms with van der Waals surface area (Å²) in [6, 6.07) is 11.4. The van der Waals surface area contributed by atoms with E-state index >= 15 is 0 Å². The molecule has 1 heterocycles. The second-order valence-electron chi connectivity index (χ2n) is 5.72. The number of nitrogens with one attached hydrogen (secondary N) is 1.